The van der Waals surface area contributed by atoms with Gasteiger partial charge in [-0.3, -0.25) is 4.79 Å². The maximum atomic E-state index is 12.5. The van der Waals surface area contributed by atoms with E-state index < -0.39 is 0 Å². The van der Waals surface area contributed by atoms with Gasteiger partial charge < -0.3 is 14.6 Å². The largest absolute Gasteiger partial charge is 0.494 e. The van der Waals surface area contributed by atoms with Crippen LogP contribution in [0.5, 0.6) is 5.75 Å². The third kappa shape index (κ3) is 8.82. The fourth-order valence-corrected chi connectivity index (χ4v) is 5.58. The zero-order valence-corrected chi connectivity index (χ0v) is 26.2. The van der Waals surface area contributed by atoms with Crippen LogP contribution in [-0.4, -0.2) is 28.6 Å². The number of aromatic nitrogens is 2. The van der Waals surface area contributed by atoms with E-state index >= 15 is 0 Å². The average molecular weight is 588 g/mol. The van der Waals surface area contributed by atoms with Crippen LogP contribution in [0.1, 0.15) is 68.8 Å². The first-order valence-electron chi connectivity index (χ1n) is 16.1. The maximum absolute atomic E-state index is 12.5. The van der Waals surface area contributed by atoms with E-state index in [9.17, 15) is 4.79 Å². The summed E-state index contributed by atoms with van der Waals surface area (Å²) in [6.07, 6.45) is 6.46. The summed E-state index contributed by atoms with van der Waals surface area (Å²) in [4.78, 5) is 17.5. The van der Waals surface area contributed by atoms with Crippen molar-refractivity contribution in [2.24, 2.45) is 0 Å². The molecule has 1 N–H and O–H groups in total. The van der Waals surface area contributed by atoms with Crippen LogP contribution in [0.15, 0.2) is 103 Å². The van der Waals surface area contributed by atoms with Gasteiger partial charge in [-0.25, -0.2) is 4.98 Å². The lowest BCUT2D eigenvalue weighted by Gasteiger charge is -2.11. The lowest BCUT2D eigenvalue weighted by atomic mass is 10.0. The van der Waals surface area contributed by atoms with Crippen molar-refractivity contribution in [3.63, 3.8) is 0 Å². The van der Waals surface area contributed by atoms with Crippen LogP contribution < -0.4 is 10.1 Å². The summed E-state index contributed by atoms with van der Waals surface area (Å²) >= 11 is 0. The first-order valence-corrected chi connectivity index (χ1v) is 16.1. The molecule has 0 aliphatic rings. The van der Waals surface area contributed by atoms with Crippen molar-refractivity contribution in [3.8, 4) is 16.9 Å². The fraction of sp³-hybridized carbons (Fsp3) is 0.333. The molecule has 0 fully saturated rings. The van der Waals surface area contributed by atoms with Gasteiger partial charge in [-0.15, -0.1) is 0 Å². The molecule has 228 valence electrons. The molecule has 0 unspecified atom stereocenters. The van der Waals surface area contributed by atoms with Crippen molar-refractivity contribution in [1.29, 1.82) is 0 Å². The van der Waals surface area contributed by atoms with Crippen LogP contribution in [0.4, 0.5) is 0 Å². The summed E-state index contributed by atoms with van der Waals surface area (Å²) in [5.41, 5.74) is 6.99. The quantitative estimate of drug-likeness (QED) is 0.117. The third-order valence-electron chi connectivity index (χ3n) is 8.15. The number of fused-ring (bicyclic) bond motifs is 1. The van der Waals surface area contributed by atoms with E-state index in [-0.39, 0.29) is 5.91 Å². The molecule has 0 aliphatic heterocycles. The molecular weight excluding hydrogens is 542 g/mol. The Balaban J connectivity index is 1.01. The molecule has 0 saturated heterocycles. The minimum absolute atomic E-state index is 0.0794. The summed E-state index contributed by atoms with van der Waals surface area (Å²) in [6.45, 7) is 6.77. The van der Waals surface area contributed by atoms with E-state index in [0.29, 0.717) is 25.5 Å². The standard InChI is InChI=1S/C39H45N3O2/c1-30(2)32-22-24-35(25-23-32)44-28-12-11-27-42-37-16-9-8-15-36(37)41-38(42)17-7-4-10-26-40-39(43)29-31-18-20-34(21-19-31)33-13-5-3-6-14-33/h3,5-6,8-9,13-16,18-25,30H,4,7,10-12,17,26-29H2,1-2H3,(H,40,43). The van der Waals surface area contributed by atoms with E-state index in [1.54, 1.807) is 0 Å². The number of imidazole rings is 1. The Morgan fingerprint density at radius 1 is 0.773 bits per heavy atom. The molecule has 5 heteroatoms. The fourth-order valence-electron chi connectivity index (χ4n) is 5.58. The topological polar surface area (TPSA) is 56.1 Å². The number of hydrogen-bond donors (Lipinski definition) is 1. The van der Waals surface area contributed by atoms with E-state index in [2.05, 4.69) is 96.5 Å². The minimum Gasteiger partial charge on any atom is -0.494 e. The second-order valence-electron chi connectivity index (χ2n) is 11.8. The number of carbonyl (C=O) groups is 1. The molecular formula is C39H45N3O2. The van der Waals surface area contributed by atoms with Crippen molar-refractivity contribution in [3.05, 3.63) is 120 Å². The van der Waals surface area contributed by atoms with Gasteiger partial charge in [0, 0.05) is 19.5 Å². The molecule has 1 amide bonds. The highest BCUT2D eigenvalue weighted by Gasteiger charge is 2.11. The van der Waals surface area contributed by atoms with Gasteiger partial charge in [-0.2, -0.15) is 0 Å². The first-order chi connectivity index (χ1) is 21.6. The minimum atomic E-state index is 0.0794. The molecule has 44 heavy (non-hydrogen) atoms. The highest BCUT2D eigenvalue weighted by Crippen LogP contribution is 2.21. The smallest absolute Gasteiger partial charge is 0.224 e. The number of para-hydroxylation sites is 2. The van der Waals surface area contributed by atoms with Crippen molar-refractivity contribution in [2.45, 2.75) is 71.3 Å². The van der Waals surface area contributed by atoms with Gasteiger partial charge >= 0.3 is 0 Å². The maximum Gasteiger partial charge on any atom is 0.224 e. The molecule has 0 saturated carbocycles. The average Bonchev–Trinajstić information content (AvgIpc) is 3.40. The number of rotatable bonds is 16. The van der Waals surface area contributed by atoms with Crippen LogP contribution in [0.3, 0.4) is 0 Å². The summed E-state index contributed by atoms with van der Waals surface area (Å²) in [7, 11) is 0. The number of nitrogens with zero attached hydrogens (tertiary/aromatic N) is 2. The highest BCUT2D eigenvalue weighted by atomic mass is 16.5. The highest BCUT2D eigenvalue weighted by molar-refractivity contribution is 5.79. The van der Waals surface area contributed by atoms with Gasteiger partial charge in [0.1, 0.15) is 11.6 Å². The molecule has 5 aromatic rings. The number of benzene rings is 4. The number of amides is 1. The molecule has 5 rings (SSSR count). The zero-order chi connectivity index (χ0) is 30.6. The summed E-state index contributed by atoms with van der Waals surface area (Å²) < 4.78 is 8.38. The van der Waals surface area contributed by atoms with E-state index in [4.69, 9.17) is 9.72 Å². The Hall–Kier alpha value is -4.38. The number of aryl methyl sites for hydroxylation is 2. The molecule has 5 nitrogen and oxygen atoms in total. The Bertz CT molecular complexity index is 1590. The number of nitrogens with one attached hydrogen (secondary N) is 1. The molecule has 0 radical (unpaired) electrons. The number of carbonyl (C=O) groups excluding carboxylic acids is 1. The summed E-state index contributed by atoms with van der Waals surface area (Å²) in [5, 5.41) is 3.10. The predicted octanol–water partition coefficient (Wildman–Crippen LogP) is 8.76. The molecule has 0 aliphatic carbocycles. The van der Waals surface area contributed by atoms with E-state index in [1.807, 2.05) is 30.3 Å². The lowest BCUT2D eigenvalue weighted by Crippen LogP contribution is -2.26. The SMILES string of the molecule is CC(C)c1ccc(OCCCCn2c(CCCCCNC(=O)Cc3ccc(-c4ccccc4)cc3)nc3ccccc32)cc1. The van der Waals surface area contributed by atoms with Gasteiger partial charge in [-0.05, 0) is 78.1 Å². The molecule has 0 atom stereocenters. The lowest BCUT2D eigenvalue weighted by molar-refractivity contribution is -0.120. The van der Waals surface area contributed by atoms with Gasteiger partial charge in [-0.1, -0.05) is 99.1 Å². The van der Waals surface area contributed by atoms with Crippen LogP contribution in [0.25, 0.3) is 22.2 Å². The molecule has 1 heterocycles. The van der Waals surface area contributed by atoms with Gasteiger partial charge in [0.15, 0.2) is 0 Å². The Labute approximate surface area is 262 Å². The van der Waals surface area contributed by atoms with Crippen molar-refractivity contribution >= 4 is 16.9 Å². The van der Waals surface area contributed by atoms with Crippen molar-refractivity contribution in [2.75, 3.05) is 13.2 Å². The van der Waals surface area contributed by atoms with Crippen LogP contribution >= 0.6 is 0 Å². The third-order valence-corrected chi connectivity index (χ3v) is 8.15. The second-order valence-corrected chi connectivity index (χ2v) is 11.8. The Morgan fingerprint density at radius 2 is 1.50 bits per heavy atom. The van der Waals surface area contributed by atoms with Crippen molar-refractivity contribution in [1.82, 2.24) is 14.9 Å². The summed E-state index contributed by atoms with van der Waals surface area (Å²) in [6, 6.07) is 35.5. The summed E-state index contributed by atoms with van der Waals surface area (Å²) in [5.74, 6) is 2.70. The van der Waals surface area contributed by atoms with E-state index in [1.165, 1.54) is 22.2 Å². The zero-order valence-electron chi connectivity index (χ0n) is 26.2. The van der Waals surface area contributed by atoms with Gasteiger partial charge in [0.25, 0.3) is 0 Å². The molecule has 4 aromatic carbocycles. The second kappa shape index (κ2) is 15.9. The van der Waals surface area contributed by atoms with Crippen LogP contribution in [0, 0.1) is 0 Å². The monoisotopic (exact) mass is 587 g/mol. The first kappa shape index (κ1) is 31.1. The number of unbranched alkanes of at least 4 members (excludes halogenated alkanes) is 3. The predicted molar refractivity (Wildman–Crippen MR) is 181 cm³/mol. The molecule has 0 spiro atoms. The Morgan fingerprint density at radius 3 is 2.27 bits per heavy atom. The van der Waals surface area contributed by atoms with Crippen molar-refractivity contribution < 1.29 is 9.53 Å². The molecule has 0 bridgehead atoms. The Kier molecular flexibility index (Phi) is 11.2. The normalized spacial score (nSPS) is 11.2. The van der Waals surface area contributed by atoms with Gasteiger partial charge in [0.05, 0.1) is 24.1 Å². The van der Waals surface area contributed by atoms with Crippen LogP contribution in [0.2, 0.25) is 0 Å². The van der Waals surface area contributed by atoms with Gasteiger partial charge in [0.2, 0.25) is 5.91 Å². The number of hydrogen-bond acceptors (Lipinski definition) is 3. The van der Waals surface area contributed by atoms with E-state index in [0.717, 1.165) is 67.7 Å². The van der Waals surface area contributed by atoms with Crippen LogP contribution in [-0.2, 0) is 24.2 Å². The molecule has 1 aromatic heterocycles. The number of ether oxygens (including phenoxy) is 1.